The summed E-state index contributed by atoms with van der Waals surface area (Å²) in [5.41, 5.74) is 7.17. The second kappa shape index (κ2) is 7.39. The third-order valence-electron chi connectivity index (χ3n) is 3.60. The molecule has 2 unspecified atom stereocenters. The quantitative estimate of drug-likeness (QED) is 0.808. The Morgan fingerprint density at radius 3 is 2.67 bits per heavy atom. The average Bonchev–Trinajstić information content (AvgIpc) is 2.40. The Balaban J connectivity index is 2.87. The van der Waals surface area contributed by atoms with E-state index in [1.807, 2.05) is 12.1 Å². The van der Waals surface area contributed by atoms with Crippen LogP contribution in [0.4, 0.5) is 0 Å². The molecule has 0 bridgehead atoms. The molecule has 0 amide bonds. The van der Waals surface area contributed by atoms with E-state index in [0.29, 0.717) is 12.6 Å². The minimum atomic E-state index is 0.252. The smallest absolute Gasteiger partial charge is 0.119 e. The van der Waals surface area contributed by atoms with E-state index in [0.717, 1.165) is 5.75 Å². The summed E-state index contributed by atoms with van der Waals surface area (Å²) < 4.78 is 5.28. The van der Waals surface area contributed by atoms with Gasteiger partial charge in [0.05, 0.1) is 7.11 Å². The van der Waals surface area contributed by atoms with Crippen molar-refractivity contribution in [1.82, 2.24) is 4.90 Å². The topological polar surface area (TPSA) is 38.5 Å². The molecule has 0 saturated heterocycles. The number of hydrogen-bond acceptors (Lipinski definition) is 3. The van der Waals surface area contributed by atoms with Gasteiger partial charge in [0.2, 0.25) is 0 Å². The summed E-state index contributed by atoms with van der Waals surface area (Å²) in [5, 5.41) is 0. The number of likely N-dealkylation sites (N-methyl/N-ethyl adjacent to an activating group) is 1. The first-order valence-corrected chi connectivity index (χ1v) is 6.70. The van der Waals surface area contributed by atoms with Crippen molar-refractivity contribution in [3.8, 4) is 5.75 Å². The number of benzene rings is 1. The predicted molar refractivity (Wildman–Crippen MR) is 76.9 cm³/mol. The van der Waals surface area contributed by atoms with Crippen LogP contribution in [0.2, 0.25) is 0 Å². The van der Waals surface area contributed by atoms with Gasteiger partial charge in [-0.2, -0.15) is 0 Å². The summed E-state index contributed by atoms with van der Waals surface area (Å²) in [7, 11) is 3.84. The van der Waals surface area contributed by atoms with Crippen LogP contribution < -0.4 is 10.5 Å². The lowest BCUT2D eigenvalue weighted by Crippen LogP contribution is -2.37. The molecule has 1 aromatic rings. The zero-order chi connectivity index (χ0) is 13.5. The van der Waals surface area contributed by atoms with E-state index < -0.39 is 0 Å². The summed E-state index contributed by atoms with van der Waals surface area (Å²) >= 11 is 0. The van der Waals surface area contributed by atoms with Crippen LogP contribution in [-0.2, 0) is 0 Å². The number of nitrogens with two attached hydrogens (primary N) is 1. The van der Waals surface area contributed by atoms with E-state index >= 15 is 0 Å². The van der Waals surface area contributed by atoms with Gasteiger partial charge in [0.15, 0.2) is 0 Å². The van der Waals surface area contributed by atoms with Crippen LogP contribution in [0.25, 0.3) is 0 Å². The highest BCUT2D eigenvalue weighted by Gasteiger charge is 2.20. The Morgan fingerprint density at radius 2 is 2.11 bits per heavy atom. The zero-order valence-electron chi connectivity index (χ0n) is 12.0. The van der Waals surface area contributed by atoms with Gasteiger partial charge in [0.1, 0.15) is 5.75 Å². The van der Waals surface area contributed by atoms with Gasteiger partial charge < -0.3 is 10.5 Å². The van der Waals surface area contributed by atoms with Crippen molar-refractivity contribution >= 4 is 0 Å². The summed E-state index contributed by atoms with van der Waals surface area (Å²) in [4.78, 5) is 2.36. The molecule has 1 aromatic carbocycles. The molecule has 2 atom stereocenters. The van der Waals surface area contributed by atoms with Gasteiger partial charge in [-0.25, -0.2) is 0 Å². The van der Waals surface area contributed by atoms with Crippen molar-refractivity contribution in [3.05, 3.63) is 29.8 Å². The first kappa shape index (κ1) is 15.0. The molecule has 0 heterocycles. The molecule has 0 aromatic heterocycles. The van der Waals surface area contributed by atoms with E-state index in [4.69, 9.17) is 10.5 Å². The molecule has 3 nitrogen and oxygen atoms in total. The standard InChI is InChI=1S/C15H26N2O/c1-5-7-12(2)17(3)15(11-16)13-8-6-9-14(10-13)18-4/h6,8-10,12,15H,5,7,11,16H2,1-4H3. The fraction of sp³-hybridized carbons (Fsp3) is 0.600. The Hall–Kier alpha value is -1.06. The van der Waals surface area contributed by atoms with Gasteiger partial charge in [-0.05, 0) is 38.1 Å². The lowest BCUT2D eigenvalue weighted by atomic mass is 10.0. The molecule has 18 heavy (non-hydrogen) atoms. The molecule has 0 spiro atoms. The van der Waals surface area contributed by atoms with Crippen LogP contribution in [-0.4, -0.2) is 31.6 Å². The van der Waals surface area contributed by atoms with E-state index in [2.05, 4.69) is 37.9 Å². The molecule has 0 aliphatic carbocycles. The van der Waals surface area contributed by atoms with Gasteiger partial charge in [-0.3, -0.25) is 4.90 Å². The van der Waals surface area contributed by atoms with Crippen LogP contribution in [0.5, 0.6) is 5.75 Å². The molecule has 102 valence electrons. The highest BCUT2D eigenvalue weighted by Crippen LogP contribution is 2.25. The highest BCUT2D eigenvalue weighted by molar-refractivity contribution is 5.30. The van der Waals surface area contributed by atoms with Crippen molar-refractivity contribution in [2.75, 3.05) is 20.7 Å². The average molecular weight is 250 g/mol. The SMILES string of the molecule is CCCC(C)N(C)C(CN)c1cccc(OC)c1. The zero-order valence-corrected chi connectivity index (χ0v) is 12.0. The lowest BCUT2D eigenvalue weighted by Gasteiger charge is -2.32. The normalized spacial score (nSPS) is 14.6. The Labute approximate surface area is 111 Å². The lowest BCUT2D eigenvalue weighted by molar-refractivity contribution is 0.179. The molecular weight excluding hydrogens is 224 g/mol. The fourth-order valence-corrected chi connectivity index (χ4v) is 2.31. The van der Waals surface area contributed by atoms with Crippen LogP contribution in [0.15, 0.2) is 24.3 Å². The number of ether oxygens (including phenoxy) is 1. The second-order valence-corrected chi connectivity index (χ2v) is 4.83. The number of methoxy groups -OCH3 is 1. The molecule has 0 fully saturated rings. The minimum absolute atomic E-state index is 0.252. The largest absolute Gasteiger partial charge is 0.497 e. The molecule has 1 rings (SSSR count). The van der Waals surface area contributed by atoms with Gasteiger partial charge >= 0.3 is 0 Å². The van der Waals surface area contributed by atoms with Crippen molar-refractivity contribution in [2.24, 2.45) is 5.73 Å². The molecule has 3 heteroatoms. The Morgan fingerprint density at radius 1 is 1.39 bits per heavy atom. The van der Waals surface area contributed by atoms with E-state index in [1.54, 1.807) is 7.11 Å². The summed E-state index contributed by atoms with van der Waals surface area (Å²) in [6.07, 6.45) is 2.39. The van der Waals surface area contributed by atoms with Gasteiger partial charge in [-0.15, -0.1) is 0 Å². The van der Waals surface area contributed by atoms with E-state index in [-0.39, 0.29) is 6.04 Å². The first-order valence-electron chi connectivity index (χ1n) is 6.70. The van der Waals surface area contributed by atoms with Crippen LogP contribution in [0.3, 0.4) is 0 Å². The van der Waals surface area contributed by atoms with Crippen LogP contribution >= 0.6 is 0 Å². The van der Waals surface area contributed by atoms with Crippen molar-refractivity contribution in [1.29, 1.82) is 0 Å². The van der Waals surface area contributed by atoms with Gasteiger partial charge in [-0.1, -0.05) is 25.5 Å². The van der Waals surface area contributed by atoms with Crippen LogP contribution in [0, 0.1) is 0 Å². The molecule has 2 N–H and O–H groups in total. The highest BCUT2D eigenvalue weighted by atomic mass is 16.5. The number of nitrogens with zero attached hydrogens (tertiary/aromatic N) is 1. The predicted octanol–water partition coefficient (Wildman–Crippen LogP) is 2.82. The number of rotatable bonds is 7. The van der Waals surface area contributed by atoms with E-state index in [9.17, 15) is 0 Å². The number of hydrogen-bond donors (Lipinski definition) is 1. The van der Waals surface area contributed by atoms with Crippen molar-refractivity contribution in [2.45, 2.75) is 38.8 Å². The maximum absolute atomic E-state index is 5.95. The van der Waals surface area contributed by atoms with E-state index in [1.165, 1.54) is 18.4 Å². The molecule has 0 saturated carbocycles. The maximum Gasteiger partial charge on any atom is 0.119 e. The summed E-state index contributed by atoms with van der Waals surface area (Å²) in [6, 6.07) is 8.97. The summed E-state index contributed by atoms with van der Waals surface area (Å²) in [6.45, 7) is 5.09. The molecular formula is C15H26N2O. The molecule has 0 radical (unpaired) electrons. The van der Waals surface area contributed by atoms with Crippen LogP contribution in [0.1, 0.15) is 38.3 Å². The van der Waals surface area contributed by atoms with Gasteiger partial charge in [0.25, 0.3) is 0 Å². The van der Waals surface area contributed by atoms with Crippen molar-refractivity contribution < 1.29 is 4.74 Å². The monoisotopic (exact) mass is 250 g/mol. The maximum atomic E-state index is 5.95. The second-order valence-electron chi connectivity index (χ2n) is 4.83. The van der Waals surface area contributed by atoms with Gasteiger partial charge in [0, 0.05) is 18.6 Å². The third kappa shape index (κ3) is 3.72. The molecule has 0 aliphatic rings. The Kier molecular flexibility index (Phi) is 6.16. The third-order valence-corrected chi connectivity index (χ3v) is 3.60. The first-order chi connectivity index (χ1) is 8.63. The van der Waals surface area contributed by atoms with Crippen molar-refractivity contribution in [3.63, 3.8) is 0 Å². The minimum Gasteiger partial charge on any atom is -0.497 e. The Bertz CT molecular complexity index is 354. The fourth-order valence-electron chi connectivity index (χ4n) is 2.31. The summed E-state index contributed by atoms with van der Waals surface area (Å²) in [5.74, 6) is 0.891. The molecule has 0 aliphatic heterocycles.